The highest BCUT2D eigenvalue weighted by atomic mass is 19.4. The number of benzene rings is 3. The number of hydrogen-bond acceptors (Lipinski definition) is 5. The summed E-state index contributed by atoms with van der Waals surface area (Å²) in [7, 11) is 0. The Morgan fingerprint density at radius 3 is 2.07 bits per heavy atom. The zero-order valence-electron chi connectivity index (χ0n) is 25.7. The van der Waals surface area contributed by atoms with Crippen LogP contribution >= 0.6 is 0 Å². The first-order valence-electron chi connectivity index (χ1n) is 15.9. The maximum absolute atomic E-state index is 13.2. The molecule has 3 aliphatic heterocycles. The van der Waals surface area contributed by atoms with Crippen molar-refractivity contribution >= 4 is 17.8 Å². The fourth-order valence-electron chi connectivity index (χ4n) is 6.75. The van der Waals surface area contributed by atoms with E-state index in [4.69, 9.17) is 4.74 Å². The van der Waals surface area contributed by atoms with Gasteiger partial charge in [-0.15, -0.1) is 0 Å². The summed E-state index contributed by atoms with van der Waals surface area (Å²) >= 11 is 0. The first kappa shape index (κ1) is 31.8. The molecule has 3 aliphatic rings. The number of nitrogens with zero attached hydrogens (tertiary/aromatic N) is 3. The number of carbonyl (C=O) groups excluding carboxylic acids is 3. The van der Waals surface area contributed by atoms with Crippen molar-refractivity contribution in [2.45, 2.75) is 50.4 Å². The Balaban J connectivity index is 0.951. The minimum atomic E-state index is -4.33. The number of hydrogen-bond donors (Lipinski definition) is 0. The first-order valence-corrected chi connectivity index (χ1v) is 15.9. The van der Waals surface area contributed by atoms with Gasteiger partial charge in [0.25, 0.3) is 5.91 Å². The molecular weight excluding hydrogens is 595 g/mol. The lowest BCUT2D eigenvalue weighted by Gasteiger charge is -2.37. The smallest absolute Gasteiger partial charge is 0.416 e. The van der Waals surface area contributed by atoms with Crippen LogP contribution in [0, 0.1) is 5.92 Å². The van der Waals surface area contributed by atoms with Crippen LogP contribution in [-0.4, -0.2) is 77.4 Å². The van der Waals surface area contributed by atoms with Gasteiger partial charge in [0.05, 0.1) is 12.1 Å². The van der Waals surface area contributed by atoms with Gasteiger partial charge in [-0.1, -0.05) is 54.6 Å². The summed E-state index contributed by atoms with van der Waals surface area (Å²) in [5.41, 5.74) is 1.90. The molecule has 0 unspecified atom stereocenters. The summed E-state index contributed by atoms with van der Waals surface area (Å²) in [5.74, 6) is 0.0144. The number of halogens is 3. The third-order valence-corrected chi connectivity index (χ3v) is 9.59. The van der Waals surface area contributed by atoms with E-state index in [9.17, 15) is 27.6 Å². The minimum absolute atomic E-state index is 0.0539. The van der Waals surface area contributed by atoms with E-state index in [0.29, 0.717) is 63.8 Å². The number of alkyl halides is 3. The fourth-order valence-corrected chi connectivity index (χ4v) is 6.75. The zero-order chi connectivity index (χ0) is 32.3. The van der Waals surface area contributed by atoms with Crippen LogP contribution in [0.5, 0.6) is 0 Å². The van der Waals surface area contributed by atoms with Crippen LogP contribution in [-0.2, 0) is 23.9 Å². The largest absolute Gasteiger partial charge is 0.441 e. The molecule has 0 radical (unpaired) electrons. The number of likely N-dealkylation sites (tertiary alicyclic amines) is 2. The van der Waals surface area contributed by atoms with Crippen molar-refractivity contribution in [2.75, 3.05) is 39.3 Å². The summed E-state index contributed by atoms with van der Waals surface area (Å²) in [6.45, 7) is 4.19. The molecule has 3 saturated heterocycles. The van der Waals surface area contributed by atoms with Gasteiger partial charge in [-0.3, -0.25) is 14.5 Å². The molecule has 3 aromatic rings. The first-order chi connectivity index (χ1) is 22.1. The second-order valence-electron chi connectivity index (χ2n) is 12.7. The van der Waals surface area contributed by atoms with Crippen molar-refractivity contribution in [3.05, 3.63) is 107 Å². The van der Waals surface area contributed by atoms with E-state index in [2.05, 4.69) is 4.90 Å². The van der Waals surface area contributed by atoms with Crippen molar-refractivity contribution in [2.24, 2.45) is 5.92 Å². The van der Waals surface area contributed by atoms with Gasteiger partial charge in [-0.25, -0.2) is 4.79 Å². The molecule has 0 bridgehead atoms. The topological polar surface area (TPSA) is 70.2 Å². The molecule has 6 rings (SSSR count). The SMILES string of the molecule is O=C(c1ccccc1)C1CCN(C(=O)c2ccc(CN3CC4(CCN(CCc5ccc(C(F)(F)F)cc5)CC4)OC3=O)cc2)CC1. The minimum Gasteiger partial charge on any atom is -0.441 e. The molecule has 3 heterocycles. The van der Waals surface area contributed by atoms with Gasteiger partial charge in [0.2, 0.25) is 0 Å². The van der Waals surface area contributed by atoms with E-state index in [1.807, 2.05) is 42.5 Å². The number of Topliss-reactive ketones (excluding diaryl/α,β-unsaturated/α-hetero) is 1. The number of rotatable bonds is 8. The maximum Gasteiger partial charge on any atom is 0.416 e. The molecule has 7 nitrogen and oxygen atoms in total. The van der Waals surface area contributed by atoms with Gasteiger partial charge in [0.1, 0.15) is 5.60 Å². The molecule has 0 atom stereocenters. The zero-order valence-corrected chi connectivity index (χ0v) is 25.7. The van der Waals surface area contributed by atoms with Gasteiger partial charge >= 0.3 is 12.3 Å². The van der Waals surface area contributed by atoms with Crippen LogP contribution in [0.4, 0.5) is 18.0 Å². The molecule has 3 fully saturated rings. The third kappa shape index (κ3) is 7.28. The van der Waals surface area contributed by atoms with Crippen LogP contribution < -0.4 is 0 Å². The van der Waals surface area contributed by atoms with Crippen LogP contribution in [0.1, 0.15) is 63.1 Å². The summed E-state index contributed by atoms with van der Waals surface area (Å²) in [5, 5.41) is 0. The van der Waals surface area contributed by atoms with E-state index in [1.54, 1.807) is 21.9 Å². The molecule has 0 saturated carbocycles. The van der Waals surface area contributed by atoms with Gasteiger partial charge < -0.3 is 14.5 Å². The highest BCUT2D eigenvalue weighted by Gasteiger charge is 2.46. The molecule has 0 N–H and O–H groups in total. The molecule has 3 aromatic carbocycles. The Morgan fingerprint density at radius 1 is 0.804 bits per heavy atom. The predicted octanol–water partition coefficient (Wildman–Crippen LogP) is 6.47. The Hall–Kier alpha value is -4.18. The molecule has 46 heavy (non-hydrogen) atoms. The van der Waals surface area contributed by atoms with Crippen molar-refractivity contribution in [3.63, 3.8) is 0 Å². The van der Waals surface area contributed by atoms with Gasteiger partial charge in [0.15, 0.2) is 5.78 Å². The van der Waals surface area contributed by atoms with Crippen LogP contribution in [0.2, 0.25) is 0 Å². The lowest BCUT2D eigenvalue weighted by atomic mass is 9.88. The average Bonchev–Trinajstić information content (AvgIpc) is 3.37. The van der Waals surface area contributed by atoms with E-state index >= 15 is 0 Å². The van der Waals surface area contributed by atoms with E-state index in [1.165, 1.54) is 12.1 Å². The molecule has 2 amide bonds. The van der Waals surface area contributed by atoms with Crippen molar-refractivity contribution in [1.29, 1.82) is 0 Å². The molecule has 0 aliphatic carbocycles. The summed E-state index contributed by atoms with van der Waals surface area (Å²) in [4.78, 5) is 44.6. The Morgan fingerprint density at radius 2 is 1.43 bits per heavy atom. The van der Waals surface area contributed by atoms with Crippen LogP contribution in [0.3, 0.4) is 0 Å². The van der Waals surface area contributed by atoms with E-state index < -0.39 is 17.3 Å². The number of amides is 2. The van der Waals surface area contributed by atoms with Crippen molar-refractivity contribution < 1.29 is 32.3 Å². The Labute approximate surface area is 266 Å². The molecule has 242 valence electrons. The van der Waals surface area contributed by atoms with Crippen molar-refractivity contribution in [1.82, 2.24) is 14.7 Å². The van der Waals surface area contributed by atoms with Crippen LogP contribution in [0.25, 0.3) is 0 Å². The Bertz CT molecular complexity index is 1530. The Kier molecular flexibility index (Phi) is 9.18. The van der Waals surface area contributed by atoms with Gasteiger partial charge in [-0.2, -0.15) is 13.2 Å². The fraction of sp³-hybridized carbons (Fsp3) is 0.417. The predicted molar refractivity (Wildman–Crippen MR) is 166 cm³/mol. The molecule has 0 aromatic heterocycles. The number of piperidine rings is 2. The standard InChI is InChI=1S/C36H38F3N3O4/c37-36(38,39)31-12-8-26(9-13-31)14-19-40-22-17-35(18-23-40)25-42(34(45)46-35)24-27-6-10-30(11-7-27)33(44)41-20-15-29(16-21-41)32(43)28-4-2-1-3-5-28/h1-13,29H,14-25H2. The monoisotopic (exact) mass is 633 g/mol. The number of ketones is 1. The summed E-state index contributed by atoms with van der Waals surface area (Å²) in [6, 6.07) is 22.0. The summed E-state index contributed by atoms with van der Waals surface area (Å²) in [6.07, 6.45) is -1.33. The van der Waals surface area contributed by atoms with Gasteiger partial charge in [-0.05, 0) is 54.7 Å². The highest BCUT2D eigenvalue weighted by Crippen LogP contribution is 2.34. The molecule has 10 heteroatoms. The summed E-state index contributed by atoms with van der Waals surface area (Å²) < 4.78 is 44.4. The normalized spacial score (nSPS) is 19.0. The van der Waals surface area contributed by atoms with Crippen LogP contribution in [0.15, 0.2) is 78.9 Å². The second kappa shape index (κ2) is 13.3. The maximum atomic E-state index is 13.2. The number of ether oxygens (including phenoxy) is 1. The van der Waals surface area contributed by atoms with Gasteiger partial charge in [0, 0.05) is 69.2 Å². The number of carbonyl (C=O) groups is 3. The molecular formula is C36H38F3N3O4. The van der Waals surface area contributed by atoms with E-state index in [0.717, 1.165) is 48.5 Å². The second-order valence-corrected chi connectivity index (χ2v) is 12.7. The quantitative estimate of drug-likeness (QED) is 0.266. The highest BCUT2D eigenvalue weighted by molar-refractivity contribution is 5.98. The lowest BCUT2D eigenvalue weighted by molar-refractivity contribution is -0.137. The van der Waals surface area contributed by atoms with E-state index in [-0.39, 0.29) is 23.7 Å². The average molecular weight is 634 g/mol. The lowest BCUT2D eigenvalue weighted by Crippen LogP contribution is -2.47. The third-order valence-electron chi connectivity index (χ3n) is 9.59. The van der Waals surface area contributed by atoms with Crippen molar-refractivity contribution in [3.8, 4) is 0 Å². The molecule has 1 spiro atoms.